The summed E-state index contributed by atoms with van der Waals surface area (Å²) in [4.78, 5) is 12.7. The average molecular weight is 398 g/mol. The molecule has 1 aliphatic heterocycles. The Labute approximate surface area is 173 Å². The summed E-state index contributed by atoms with van der Waals surface area (Å²) < 4.78 is 17.3. The predicted octanol–water partition coefficient (Wildman–Crippen LogP) is 4.79. The Bertz CT molecular complexity index is 883. The largest absolute Gasteiger partial charge is 0.497 e. The molecular formula is C24H31NO4. The molecule has 5 nitrogen and oxygen atoms in total. The first-order valence-electron chi connectivity index (χ1n) is 9.98. The van der Waals surface area contributed by atoms with Crippen molar-refractivity contribution in [1.29, 1.82) is 0 Å². The third-order valence-corrected chi connectivity index (χ3v) is 5.06. The Kier molecular flexibility index (Phi) is 5.78. The van der Waals surface area contributed by atoms with E-state index in [1.165, 1.54) is 0 Å². The number of para-hydroxylation sites is 1. The Morgan fingerprint density at radius 3 is 2.62 bits per heavy atom. The van der Waals surface area contributed by atoms with Gasteiger partial charge in [0.15, 0.2) is 6.61 Å². The quantitative estimate of drug-likeness (QED) is 0.788. The summed E-state index contributed by atoms with van der Waals surface area (Å²) >= 11 is 0. The van der Waals surface area contributed by atoms with Crippen molar-refractivity contribution in [3.05, 3.63) is 53.6 Å². The number of nitrogens with one attached hydrogen (secondary N) is 1. The summed E-state index contributed by atoms with van der Waals surface area (Å²) in [7, 11) is 1.63. The van der Waals surface area contributed by atoms with Gasteiger partial charge >= 0.3 is 0 Å². The number of amides is 1. The summed E-state index contributed by atoms with van der Waals surface area (Å²) in [5.74, 6) is 2.09. The summed E-state index contributed by atoms with van der Waals surface area (Å²) in [6, 6.07) is 13.4. The fraction of sp³-hybridized carbons (Fsp3) is 0.458. The van der Waals surface area contributed by atoms with Crippen LogP contribution in [0.5, 0.6) is 17.2 Å². The van der Waals surface area contributed by atoms with Crippen molar-refractivity contribution < 1.29 is 19.0 Å². The minimum atomic E-state index is -0.376. The topological polar surface area (TPSA) is 56.8 Å². The molecule has 3 rings (SSSR count). The predicted molar refractivity (Wildman–Crippen MR) is 114 cm³/mol. The van der Waals surface area contributed by atoms with Gasteiger partial charge in [0.05, 0.1) is 13.2 Å². The van der Waals surface area contributed by atoms with Gasteiger partial charge in [-0.1, -0.05) is 39.0 Å². The number of carbonyl (C=O) groups is 1. The fourth-order valence-corrected chi connectivity index (χ4v) is 3.68. The number of methoxy groups -OCH3 is 1. The van der Waals surface area contributed by atoms with Crippen LogP contribution in [0, 0.1) is 0 Å². The molecule has 0 saturated carbocycles. The Morgan fingerprint density at radius 2 is 1.93 bits per heavy atom. The molecule has 2 aromatic rings. The molecule has 1 atom stereocenters. The third kappa shape index (κ3) is 5.03. The molecule has 156 valence electrons. The number of rotatable bonds is 5. The average Bonchev–Trinajstić information content (AvgIpc) is 2.65. The van der Waals surface area contributed by atoms with Gasteiger partial charge in [0.1, 0.15) is 22.8 Å². The maximum atomic E-state index is 12.7. The molecule has 5 heteroatoms. The molecule has 0 spiro atoms. The number of benzene rings is 2. The van der Waals surface area contributed by atoms with Crippen LogP contribution in [0.4, 0.5) is 0 Å². The van der Waals surface area contributed by atoms with Crippen LogP contribution >= 0.6 is 0 Å². The monoisotopic (exact) mass is 397 g/mol. The maximum Gasteiger partial charge on any atom is 0.258 e. The Hall–Kier alpha value is -2.69. The van der Waals surface area contributed by atoms with Crippen molar-refractivity contribution in [2.75, 3.05) is 13.7 Å². The van der Waals surface area contributed by atoms with Crippen LogP contribution in [0.25, 0.3) is 0 Å². The molecule has 0 fully saturated rings. The van der Waals surface area contributed by atoms with Gasteiger partial charge in [0.2, 0.25) is 0 Å². The highest BCUT2D eigenvalue weighted by Gasteiger charge is 2.35. The van der Waals surface area contributed by atoms with Crippen molar-refractivity contribution in [2.45, 2.75) is 58.1 Å². The Balaban J connectivity index is 1.73. The molecule has 2 aromatic carbocycles. The normalized spacial score (nSPS) is 17.7. The van der Waals surface area contributed by atoms with Crippen LogP contribution in [0.1, 0.15) is 58.2 Å². The highest BCUT2D eigenvalue weighted by atomic mass is 16.5. The van der Waals surface area contributed by atoms with E-state index in [2.05, 4.69) is 26.1 Å². The third-order valence-electron chi connectivity index (χ3n) is 5.06. The van der Waals surface area contributed by atoms with Gasteiger partial charge in [-0.25, -0.2) is 0 Å². The second-order valence-corrected chi connectivity index (χ2v) is 9.12. The van der Waals surface area contributed by atoms with Gasteiger partial charge in [0, 0.05) is 12.0 Å². The van der Waals surface area contributed by atoms with E-state index in [0.717, 1.165) is 28.4 Å². The second kappa shape index (κ2) is 7.97. The van der Waals surface area contributed by atoms with Gasteiger partial charge in [-0.3, -0.25) is 4.79 Å². The summed E-state index contributed by atoms with van der Waals surface area (Å²) in [6.45, 7) is 10.4. The molecule has 1 heterocycles. The molecule has 0 unspecified atom stereocenters. The zero-order chi connectivity index (χ0) is 21.2. The zero-order valence-corrected chi connectivity index (χ0v) is 18.2. The van der Waals surface area contributed by atoms with E-state index in [9.17, 15) is 4.79 Å². The van der Waals surface area contributed by atoms with E-state index < -0.39 is 0 Å². The minimum Gasteiger partial charge on any atom is -0.497 e. The molecule has 1 aliphatic rings. The van der Waals surface area contributed by atoms with Crippen LogP contribution in [0.15, 0.2) is 42.5 Å². The molecular weight excluding hydrogens is 366 g/mol. The smallest absolute Gasteiger partial charge is 0.258 e. The maximum absolute atomic E-state index is 12.7. The van der Waals surface area contributed by atoms with Crippen LogP contribution in [-0.2, 0) is 10.2 Å². The molecule has 29 heavy (non-hydrogen) atoms. The number of fused-ring (bicyclic) bond motifs is 1. The standard InChI is InChI=1S/C24H31NO4/c1-23(2,3)18-9-7-8-10-21(18)28-15-22(26)25-19-14-24(4,5)29-20-12-11-16(27-6)13-17(19)20/h7-13,19H,14-15H2,1-6H3,(H,25,26)/t19-/m0/s1. The van der Waals surface area contributed by atoms with Crippen LogP contribution < -0.4 is 19.5 Å². The highest BCUT2D eigenvalue weighted by Crippen LogP contribution is 2.41. The van der Waals surface area contributed by atoms with E-state index >= 15 is 0 Å². The van der Waals surface area contributed by atoms with Crippen LogP contribution in [-0.4, -0.2) is 25.2 Å². The molecule has 1 N–H and O–H groups in total. The number of hydrogen-bond acceptors (Lipinski definition) is 4. The summed E-state index contributed by atoms with van der Waals surface area (Å²) in [5.41, 5.74) is 1.56. The lowest BCUT2D eigenvalue weighted by atomic mass is 9.86. The van der Waals surface area contributed by atoms with Crippen LogP contribution in [0.3, 0.4) is 0 Å². The molecule has 0 radical (unpaired) electrons. The molecule has 0 saturated heterocycles. The van der Waals surface area contributed by atoms with Crippen molar-refractivity contribution in [3.8, 4) is 17.2 Å². The SMILES string of the molecule is COc1ccc2c(c1)[C@@H](NC(=O)COc1ccccc1C(C)(C)C)CC(C)(C)O2. The number of carbonyl (C=O) groups excluding carboxylic acids is 1. The summed E-state index contributed by atoms with van der Waals surface area (Å²) in [6.07, 6.45) is 0.664. The summed E-state index contributed by atoms with van der Waals surface area (Å²) in [5, 5.41) is 3.11. The Morgan fingerprint density at radius 1 is 1.21 bits per heavy atom. The minimum absolute atomic E-state index is 0.0375. The zero-order valence-electron chi connectivity index (χ0n) is 18.2. The lowest BCUT2D eigenvalue weighted by molar-refractivity contribution is -0.124. The van der Waals surface area contributed by atoms with E-state index in [-0.39, 0.29) is 29.6 Å². The van der Waals surface area contributed by atoms with E-state index in [1.807, 2.05) is 56.3 Å². The van der Waals surface area contributed by atoms with Gasteiger partial charge in [-0.15, -0.1) is 0 Å². The lowest BCUT2D eigenvalue weighted by Gasteiger charge is -2.38. The highest BCUT2D eigenvalue weighted by molar-refractivity contribution is 5.78. The van der Waals surface area contributed by atoms with Crippen LogP contribution in [0.2, 0.25) is 0 Å². The molecule has 0 aliphatic carbocycles. The van der Waals surface area contributed by atoms with Gasteiger partial charge < -0.3 is 19.5 Å². The molecule has 1 amide bonds. The van der Waals surface area contributed by atoms with Gasteiger partial charge in [-0.2, -0.15) is 0 Å². The van der Waals surface area contributed by atoms with Gasteiger partial charge in [0.25, 0.3) is 5.91 Å². The van der Waals surface area contributed by atoms with Crippen molar-refractivity contribution in [2.24, 2.45) is 0 Å². The first-order valence-corrected chi connectivity index (χ1v) is 9.98. The lowest BCUT2D eigenvalue weighted by Crippen LogP contribution is -2.42. The first-order chi connectivity index (χ1) is 13.6. The fourth-order valence-electron chi connectivity index (χ4n) is 3.68. The number of hydrogen-bond donors (Lipinski definition) is 1. The van der Waals surface area contributed by atoms with E-state index in [4.69, 9.17) is 14.2 Å². The van der Waals surface area contributed by atoms with Gasteiger partial charge in [-0.05, 0) is 49.1 Å². The number of ether oxygens (including phenoxy) is 3. The van der Waals surface area contributed by atoms with Crippen molar-refractivity contribution in [3.63, 3.8) is 0 Å². The van der Waals surface area contributed by atoms with Crippen molar-refractivity contribution >= 4 is 5.91 Å². The van der Waals surface area contributed by atoms with E-state index in [1.54, 1.807) is 7.11 Å². The second-order valence-electron chi connectivity index (χ2n) is 9.12. The van der Waals surface area contributed by atoms with E-state index in [0.29, 0.717) is 6.42 Å². The molecule has 0 bridgehead atoms. The first kappa shape index (κ1) is 21.0. The molecule has 0 aromatic heterocycles. The van der Waals surface area contributed by atoms with Crippen molar-refractivity contribution in [1.82, 2.24) is 5.32 Å².